The molecule has 0 aliphatic heterocycles. The number of rotatable bonds is 6. The number of nitrogens with one attached hydrogen (secondary N) is 1. The molecule has 100 valence electrons. The van der Waals surface area contributed by atoms with Gasteiger partial charge in [0.1, 0.15) is 4.99 Å². The smallest absolute Gasteiger partial charge is 0.103 e. The highest BCUT2D eigenvalue weighted by molar-refractivity contribution is 7.80. The van der Waals surface area contributed by atoms with Crippen LogP contribution in [0.2, 0.25) is 0 Å². The number of anilines is 1. The molecule has 0 fully saturated rings. The second kappa shape index (κ2) is 6.68. The van der Waals surface area contributed by atoms with Crippen molar-refractivity contribution in [3.05, 3.63) is 52.2 Å². The van der Waals surface area contributed by atoms with Gasteiger partial charge >= 0.3 is 0 Å². The Bertz CT molecular complexity index is 518. The van der Waals surface area contributed by atoms with Crippen LogP contribution in [0.4, 0.5) is 5.69 Å². The molecule has 1 aromatic carbocycles. The maximum Gasteiger partial charge on any atom is 0.103 e. The predicted octanol–water partition coefficient (Wildman–Crippen LogP) is 4.34. The van der Waals surface area contributed by atoms with Gasteiger partial charge in [0.15, 0.2) is 0 Å². The van der Waals surface area contributed by atoms with Crippen LogP contribution in [0.25, 0.3) is 0 Å². The fraction of sp³-hybridized carbons (Fsp3) is 0.267. The zero-order valence-electron chi connectivity index (χ0n) is 10.9. The Balaban J connectivity index is 2.11. The van der Waals surface area contributed by atoms with Crippen molar-refractivity contribution in [1.29, 1.82) is 0 Å². The van der Waals surface area contributed by atoms with Crippen molar-refractivity contribution in [3.63, 3.8) is 0 Å². The van der Waals surface area contributed by atoms with E-state index in [2.05, 4.69) is 29.8 Å². The van der Waals surface area contributed by atoms with E-state index in [1.807, 2.05) is 24.3 Å². The van der Waals surface area contributed by atoms with Crippen LogP contribution in [0.15, 0.2) is 41.8 Å². The molecular weight excluding hydrogens is 272 g/mol. The van der Waals surface area contributed by atoms with Gasteiger partial charge in [-0.15, -0.1) is 11.3 Å². The van der Waals surface area contributed by atoms with Crippen molar-refractivity contribution in [3.8, 4) is 0 Å². The molecule has 2 aromatic rings. The van der Waals surface area contributed by atoms with Gasteiger partial charge in [-0.25, -0.2) is 0 Å². The van der Waals surface area contributed by atoms with Gasteiger partial charge in [0.25, 0.3) is 0 Å². The molecule has 0 aliphatic carbocycles. The molecule has 1 aromatic heterocycles. The van der Waals surface area contributed by atoms with E-state index in [1.165, 1.54) is 4.88 Å². The third-order valence-electron chi connectivity index (χ3n) is 2.97. The second-order valence-electron chi connectivity index (χ2n) is 4.44. The molecule has 0 amide bonds. The van der Waals surface area contributed by atoms with Crippen molar-refractivity contribution in [2.75, 3.05) is 5.32 Å². The summed E-state index contributed by atoms with van der Waals surface area (Å²) in [6.07, 6.45) is 2.28. The van der Waals surface area contributed by atoms with Crippen LogP contribution < -0.4 is 11.1 Å². The molecule has 0 radical (unpaired) electrons. The molecule has 0 spiro atoms. The zero-order valence-corrected chi connectivity index (χ0v) is 12.6. The van der Waals surface area contributed by atoms with Gasteiger partial charge in [0.05, 0.1) is 6.04 Å². The maximum absolute atomic E-state index is 5.60. The highest BCUT2D eigenvalue weighted by atomic mass is 32.1. The normalized spacial score (nSPS) is 12.1. The second-order valence-corrected chi connectivity index (χ2v) is 5.86. The summed E-state index contributed by atoms with van der Waals surface area (Å²) in [5.74, 6) is 0. The molecule has 0 bridgehead atoms. The van der Waals surface area contributed by atoms with Gasteiger partial charge in [-0.2, -0.15) is 0 Å². The number of hydrogen-bond donors (Lipinski definition) is 2. The van der Waals surface area contributed by atoms with Crippen LogP contribution >= 0.6 is 23.6 Å². The summed E-state index contributed by atoms with van der Waals surface area (Å²) in [6.45, 7) is 2.21. The summed E-state index contributed by atoms with van der Waals surface area (Å²) < 4.78 is 0. The SMILES string of the molecule is CCCC(Nc1ccc(C(N)=S)cc1)c1cccs1. The highest BCUT2D eigenvalue weighted by Gasteiger charge is 2.11. The lowest BCUT2D eigenvalue weighted by Crippen LogP contribution is -2.11. The molecule has 1 heterocycles. The Morgan fingerprint density at radius 3 is 2.58 bits per heavy atom. The summed E-state index contributed by atoms with van der Waals surface area (Å²) in [7, 11) is 0. The molecule has 0 aliphatic rings. The third kappa shape index (κ3) is 3.78. The fourth-order valence-electron chi connectivity index (χ4n) is 2.00. The quantitative estimate of drug-likeness (QED) is 0.777. The molecule has 1 atom stereocenters. The largest absolute Gasteiger partial charge is 0.389 e. The number of benzene rings is 1. The van der Waals surface area contributed by atoms with E-state index in [4.69, 9.17) is 18.0 Å². The third-order valence-corrected chi connectivity index (χ3v) is 4.20. The standard InChI is InChI=1S/C15H18N2S2/c1-2-4-13(14-5-3-10-19-14)17-12-8-6-11(7-9-12)15(16)18/h3,5-10,13,17H,2,4H2,1H3,(H2,16,18). The highest BCUT2D eigenvalue weighted by Crippen LogP contribution is 2.27. The Kier molecular flexibility index (Phi) is 4.93. The maximum atomic E-state index is 5.60. The van der Waals surface area contributed by atoms with E-state index in [9.17, 15) is 0 Å². The monoisotopic (exact) mass is 290 g/mol. The first-order valence-corrected chi connectivity index (χ1v) is 7.69. The summed E-state index contributed by atoms with van der Waals surface area (Å²) >= 11 is 6.75. The van der Waals surface area contributed by atoms with Gasteiger partial charge in [-0.1, -0.05) is 31.6 Å². The minimum Gasteiger partial charge on any atom is -0.389 e. The van der Waals surface area contributed by atoms with E-state index in [0.29, 0.717) is 11.0 Å². The number of thiophene rings is 1. The minimum atomic E-state index is 0.376. The Morgan fingerprint density at radius 1 is 1.32 bits per heavy atom. The zero-order chi connectivity index (χ0) is 13.7. The number of hydrogen-bond acceptors (Lipinski definition) is 3. The molecule has 1 unspecified atom stereocenters. The fourth-order valence-corrected chi connectivity index (χ4v) is 2.94. The van der Waals surface area contributed by atoms with E-state index in [0.717, 1.165) is 24.1 Å². The minimum absolute atomic E-state index is 0.376. The van der Waals surface area contributed by atoms with Crippen molar-refractivity contribution in [2.45, 2.75) is 25.8 Å². The van der Waals surface area contributed by atoms with Crippen LogP contribution in [0.3, 0.4) is 0 Å². The molecule has 0 saturated carbocycles. The topological polar surface area (TPSA) is 38.0 Å². The first-order chi connectivity index (χ1) is 9.20. The molecule has 2 nitrogen and oxygen atoms in total. The molecule has 2 rings (SSSR count). The number of thiocarbonyl (C=S) groups is 1. The lowest BCUT2D eigenvalue weighted by molar-refractivity contribution is 0.688. The Labute approximate surface area is 123 Å². The molecule has 4 heteroatoms. The summed E-state index contributed by atoms with van der Waals surface area (Å²) in [5.41, 5.74) is 7.61. The first-order valence-electron chi connectivity index (χ1n) is 6.40. The molecular formula is C15H18N2S2. The van der Waals surface area contributed by atoms with Gasteiger partial charge in [0, 0.05) is 16.1 Å². The van der Waals surface area contributed by atoms with Crippen molar-refractivity contribution < 1.29 is 0 Å². The van der Waals surface area contributed by atoms with Gasteiger partial charge in [0.2, 0.25) is 0 Å². The van der Waals surface area contributed by atoms with Crippen LogP contribution in [-0.2, 0) is 0 Å². The molecule has 3 N–H and O–H groups in total. The van der Waals surface area contributed by atoms with Crippen LogP contribution in [0, 0.1) is 0 Å². The Morgan fingerprint density at radius 2 is 2.05 bits per heavy atom. The average molecular weight is 290 g/mol. The molecule has 0 saturated heterocycles. The van der Waals surface area contributed by atoms with Gasteiger partial charge in [-0.3, -0.25) is 0 Å². The first kappa shape index (κ1) is 14.0. The van der Waals surface area contributed by atoms with Crippen molar-refractivity contribution >= 4 is 34.2 Å². The van der Waals surface area contributed by atoms with E-state index in [-0.39, 0.29) is 0 Å². The van der Waals surface area contributed by atoms with Crippen LogP contribution in [0.5, 0.6) is 0 Å². The lowest BCUT2D eigenvalue weighted by Gasteiger charge is -2.18. The summed E-state index contributed by atoms with van der Waals surface area (Å²) in [5, 5.41) is 5.70. The van der Waals surface area contributed by atoms with Crippen molar-refractivity contribution in [1.82, 2.24) is 0 Å². The van der Waals surface area contributed by atoms with E-state index >= 15 is 0 Å². The number of nitrogens with two attached hydrogens (primary N) is 1. The lowest BCUT2D eigenvalue weighted by atomic mass is 10.1. The van der Waals surface area contributed by atoms with Crippen LogP contribution in [0.1, 0.15) is 36.2 Å². The van der Waals surface area contributed by atoms with E-state index in [1.54, 1.807) is 11.3 Å². The van der Waals surface area contributed by atoms with Gasteiger partial charge < -0.3 is 11.1 Å². The van der Waals surface area contributed by atoms with Crippen LogP contribution in [-0.4, -0.2) is 4.99 Å². The van der Waals surface area contributed by atoms with E-state index < -0.39 is 0 Å². The summed E-state index contributed by atoms with van der Waals surface area (Å²) in [4.78, 5) is 1.81. The van der Waals surface area contributed by atoms with Crippen molar-refractivity contribution in [2.24, 2.45) is 5.73 Å². The average Bonchev–Trinajstić information content (AvgIpc) is 2.92. The summed E-state index contributed by atoms with van der Waals surface area (Å²) in [6, 6.07) is 12.6. The van der Waals surface area contributed by atoms with Gasteiger partial charge in [-0.05, 0) is 42.1 Å². The predicted molar refractivity (Wildman–Crippen MR) is 87.9 cm³/mol. The molecule has 19 heavy (non-hydrogen) atoms. The Hall–Kier alpha value is -1.39.